The minimum Gasteiger partial charge on any atom is -0.317 e. The third-order valence-corrected chi connectivity index (χ3v) is 4.07. The second-order valence-corrected chi connectivity index (χ2v) is 5.73. The van der Waals surface area contributed by atoms with Crippen LogP contribution in [0, 0.1) is 17.8 Å². The van der Waals surface area contributed by atoms with Crippen molar-refractivity contribution >= 4 is 0 Å². The molecule has 0 aromatic heterocycles. The van der Waals surface area contributed by atoms with Gasteiger partial charge in [0, 0.05) is 6.04 Å². The first-order valence-corrected chi connectivity index (χ1v) is 6.84. The minimum atomic E-state index is 0.763. The molecule has 0 amide bonds. The highest BCUT2D eigenvalue weighted by Crippen LogP contribution is 2.34. The van der Waals surface area contributed by atoms with Gasteiger partial charge in [0.25, 0.3) is 0 Å². The predicted molar refractivity (Wildman–Crippen MR) is 68.0 cm³/mol. The van der Waals surface area contributed by atoms with Crippen molar-refractivity contribution in [1.82, 2.24) is 5.32 Å². The molecule has 0 bridgehead atoms. The predicted octanol–water partition coefficient (Wildman–Crippen LogP) is 3.84. The van der Waals surface area contributed by atoms with Gasteiger partial charge in [0.05, 0.1) is 0 Å². The van der Waals surface area contributed by atoms with Gasteiger partial charge in [-0.05, 0) is 44.1 Å². The van der Waals surface area contributed by atoms with Gasteiger partial charge in [0.1, 0.15) is 0 Å². The van der Waals surface area contributed by atoms with Crippen LogP contribution in [0.2, 0.25) is 0 Å². The molecule has 0 aromatic carbocycles. The van der Waals surface area contributed by atoms with Crippen molar-refractivity contribution in [3.63, 3.8) is 0 Å². The maximum Gasteiger partial charge on any atom is 0.00948 e. The van der Waals surface area contributed by atoms with E-state index in [0.29, 0.717) is 0 Å². The molecule has 3 unspecified atom stereocenters. The average molecular weight is 211 g/mol. The van der Waals surface area contributed by atoms with Gasteiger partial charge >= 0.3 is 0 Å². The van der Waals surface area contributed by atoms with E-state index in [2.05, 4.69) is 33.1 Å². The van der Waals surface area contributed by atoms with Crippen molar-refractivity contribution in [2.24, 2.45) is 17.8 Å². The maximum absolute atomic E-state index is 3.55. The van der Waals surface area contributed by atoms with Crippen LogP contribution in [0.15, 0.2) is 0 Å². The first kappa shape index (κ1) is 13.0. The van der Waals surface area contributed by atoms with E-state index in [1.165, 1.54) is 38.5 Å². The van der Waals surface area contributed by atoms with Gasteiger partial charge < -0.3 is 5.32 Å². The Labute approximate surface area is 96.0 Å². The molecule has 1 saturated carbocycles. The Morgan fingerprint density at radius 2 is 2.00 bits per heavy atom. The molecule has 1 fully saturated rings. The van der Waals surface area contributed by atoms with E-state index < -0.39 is 0 Å². The summed E-state index contributed by atoms with van der Waals surface area (Å²) in [7, 11) is 2.14. The van der Waals surface area contributed by atoms with Crippen molar-refractivity contribution in [2.75, 3.05) is 7.05 Å². The summed E-state index contributed by atoms with van der Waals surface area (Å²) in [6, 6.07) is 0.763. The normalized spacial score (nSPS) is 29.4. The first-order chi connectivity index (χ1) is 7.17. The fourth-order valence-electron chi connectivity index (χ4n) is 3.12. The number of hydrogen-bond acceptors (Lipinski definition) is 1. The van der Waals surface area contributed by atoms with Crippen LogP contribution in [0.3, 0.4) is 0 Å². The lowest BCUT2D eigenvalue weighted by Crippen LogP contribution is -2.37. The smallest absolute Gasteiger partial charge is 0.00948 e. The van der Waals surface area contributed by atoms with Crippen molar-refractivity contribution in [3.8, 4) is 0 Å². The molecule has 1 aliphatic rings. The van der Waals surface area contributed by atoms with Gasteiger partial charge in [-0.3, -0.25) is 0 Å². The monoisotopic (exact) mass is 211 g/mol. The second kappa shape index (κ2) is 6.52. The molecule has 0 saturated heterocycles. The van der Waals surface area contributed by atoms with Gasteiger partial charge in [-0.15, -0.1) is 0 Å². The summed E-state index contributed by atoms with van der Waals surface area (Å²) >= 11 is 0. The highest BCUT2D eigenvalue weighted by atomic mass is 14.9. The quantitative estimate of drug-likeness (QED) is 0.728. The Morgan fingerprint density at radius 1 is 1.27 bits per heavy atom. The van der Waals surface area contributed by atoms with Crippen LogP contribution in [-0.4, -0.2) is 13.1 Å². The Morgan fingerprint density at radius 3 is 2.53 bits per heavy atom. The zero-order chi connectivity index (χ0) is 11.3. The van der Waals surface area contributed by atoms with Gasteiger partial charge in [-0.2, -0.15) is 0 Å². The van der Waals surface area contributed by atoms with E-state index in [1.807, 2.05) is 0 Å². The van der Waals surface area contributed by atoms with Crippen LogP contribution >= 0.6 is 0 Å². The Hall–Kier alpha value is -0.0400. The molecule has 1 N–H and O–H groups in total. The van der Waals surface area contributed by atoms with Gasteiger partial charge in [0.2, 0.25) is 0 Å². The summed E-state index contributed by atoms with van der Waals surface area (Å²) in [4.78, 5) is 0. The van der Waals surface area contributed by atoms with Crippen LogP contribution in [-0.2, 0) is 0 Å². The van der Waals surface area contributed by atoms with E-state index in [1.54, 1.807) is 0 Å². The van der Waals surface area contributed by atoms with Crippen molar-refractivity contribution in [3.05, 3.63) is 0 Å². The lowest BCUT2D eigenvalue weighted by molar-refractivity contribution is 0.198. The van der Waals surface area contributed by atoms with Crippen molar-refractivity contribution in [2.45, 2.75) is 65.3 Å². The fraction of sp³-hybridized carbons (Fsp3) is 1.00. The molecule has 1 heteroatoms. The molecule has 90 valence electrons. The number of hydrogen-bond donors (Lipinski definition) is 1. The van der Waals surface area contributed by atoms with E-state index in [-0.39, 0.29) is 0 Å². The summed E-state index contributed by atoms with van der Waals surface area (Å²) in [5.41, 5.74) is 0. The van der Waals surface area contributed by atoms with Gasteiger partial charge in [0.15, 0.2) is 0 Å². The van der Waals surface area contributed by atoms with E-state index in [0.717, 1.165) is 23.8 Å². The molecule has 0 radical (unpaired) electrons. The topological polar surface area (TPSA) is 12.0 Å². The lowest BCUT2D eigenvalue weighted by Gasteiger charge is -2.35. The summed E-state index contributed by atoms with van der Waals surface area (Å²) in [6.07, 6.45) is 8.58. The molecule has 0 heterocycles. The summed E-state index contributed by atoms with van der Waals surface area (Å²) in [5.74, 6) is 2.77. The van der Waals surface area contributed by atoms with E-state index in [9.17, 15) is 0 Å². The van der Waals surface area contributed by atoms with Crippen LogP contribution in [0.4, 0.5) is 0 Å². The molecular weight excluding hydrogens is 182 g/mol. The molecular formula is C14H29N. The SMILES string of the molecule is CCC1CCCC(C(CC(C)C)NC)C1. The van der Waals surface area contributed by atoms with Crippen LogP contribution < -0.4 is 5.32 Å². The minimum absolute atomic E-state index is 0.763. The largest absolute Gasteiger partial charge is 0.317 e. The van der Waals surface area contributed by atoms with Crippen LogP contribution in [0.25, 0.3) is 0 Å². The maximum atomic E-state index is 3.55. The van der Waals surface area contributed by atoms with Crippen LogP contribution in [0.5, 0.6) is 0 Å². The van der Waals surface area contributed by atoms with E-state index in [4.69, 9.17) is 0 Å². The fourth-order valence-corrected chi connectivity index (χ4v) is 3.12. The standard InChI is InChI=1S/C14H29N/c1-5-12-7-6-8-13(10-12)14(15-4)9-11(2)3/h11-15H,5-10H2,1-4H3. The highest BCUT2D eigenvalue weighted by Gasteiger charge is 2.26. The Bertz CT molecular complexity index is 165. The zero-order valence-electron chi connectivity index (χ0n) is 11.1. The van der Waals surface area contributed by atoms with Gasteiger partial charge in [-0.25, -0.2) is 0 Å². The molecule has 0 spiro atoms. The number of nitrogens with one attached hydrogen (secondary N) is 1. The van der Waals surface area contributed by atoms with E-state index >= 15 is 0 Å². The van der Waals surface area contributed by atoms with Crippen molar-refractivity contribution in [1.29, 1.82) is 0 Å². The molecule has 1 aliphatic carbocycles. The van der Waals surface area contributed by atoms with Gasteiger partial charge in [-0.1, -0.05) is 40.0 Å². The summed E-state index contributed by atoms with van der Waals surface area (Å²) in [5, 5.41) is 3.55. The molecule has 1 nitrogen and oxygen atoms in total. The Balaban J connectivity index is 2.44. The molecule has 0 aromatic rings. The van der Waals surface area contributed by atoms with Crippen LogP contribution in [0.1, 0.15) is 59.3 Å². The molecule has 1 rings (SSSR count). The highest BCUT2D eigenvalue weighted by molar-refractivity contribution is 4.82. The first-order valence-electron chi connectivity index (χ1n) is 6.84. The molecule has 0 aliphatic heterocycles. The summed E-state index contributed by atoms with van der Waals surface area (Å²) in [6.45, 7) is 7.03. The molecule has 15 heavy (non-hydrogen) atoms. The lowest BCUT2D eigenvalue weighted by atomic mass is 9.75. The third-order valence-electron chi connectivity index (χ3n) is 4.07. The molecule has 3 atom stereocenters. The Kier molecular flexibility index (Phi) is 5.66. The average Bonchev–Trinajstić information content (AvgIpc) is 2.25. The second-order valence-electron chi connectivity index (χ2n) is 5.73. The summed E-state index contributed by atoms with van der Waals surface area (Å²) < 4.78 is 0. The van der Waals surface area contributed by atoms with Crippen molar-refractivity contribution < 1.29 is 0 Å². The third kappa shape index (κ3) is 4.14. The zero-order valence-corrected chi connectivity index (χ0v) is 11.1. The number of rotatable bonds is 5.